The summed E-state index contributed by atoms with van der Waals surface area (Å²) in [5, 5.41) is 18.8. The number of hydrogen-bond donors (Lipinski definition) is 2. The van der Waals surface area contributed by atoms with E-state index in [2.05, 4.69) is 0 Å². The Morgan fingerprint density at radius 3 is 2.64 bits per heavy atom. The van der Waals surface area contributed by atoms with E-state index >= 15 is 0 Å². The molecule has 2 unspecified atom stereocenters. The van der Waals surface area contributed by atoms with E-state index in [9.17, 15) is 10.2 Å². The van der Waals surface area contributed by atoms with Gasteiger partial charge in [-0.2, -0.15) is 0 Å². The highest BCUT2D eigenvalue weighted by Gasteiger charge is 2.18. The fraction of sp³-hybridized carbons (Fsp3) is 0.400. The van der Waals surface area contributed by atoms with Crippen LogP contribution in [0.1, 0.15) is 18.6 Å². The number of hydrogen-bond acceptors (Lipinski definition) is 4. The van der Waals surface area contributed by atoms with Gasteiger partial charge in [0.25, 0.3) is 0 Å². The molecule has 4 nitrogen and oxygen atoms in total. The Bertz CT molecular complexity index is 335. The van der Waals surface area contributed by atoms with Crippen LogP contribution in [0.15, 0.2) is 18.2 Å². The van der Waals surface area contributed by atoms with Crippen molar-refractivity contribution < 1.29 is 19.7 Å². The van der Waals surface area contributed by atoms with Crippen LogP contribution < -0.4 is 9.47 Å². The molecule has 0 fully saturated rings. The number of aliphatic hydroxyl groups is 2. The third-order valence-electron chi connectivity index (χ3n) is 2.20. The standard InChI is InChI=1S/C10H12O4/c1-6(11)10(12)7-2-3-8-9(4-7)14-5-13-8/h2-4,6,10-12H,5H2,1H3. The van der Waals surface area contributed by atoms with Crippen molar-refractivity contribution in [3.05, 3.63) is 23.8 Å². The zero-order valence-electron chi connectivity index (χ0n) is 7.80. The van der Waals surface area contributed by atoms with Crippen LogP contribution in [0.25, 0.3) is 0 Å². The van der Waals surface area contributed by atoms with Crippen LogP contribution in [0.5, 0.6) is 11.5 Å². The maximum Gasteiger partial charge on any atom is 0.231 e. The Labute approximate surface area is 81.7 Å². The first-order valence-electron chi connectivity index (χ1n) is 4.44. The van der Waals surface area contributed by atoms with E-state index in [0.29, 0.717) is 17.1 Å². The molecule has 0 bridgehead atoms. The van der Waals surface area contributed by atoms with Crippen molar-refractivity contribution in [2.75, 3.05) is 6.79 Å². The van der Waals surface area contributed by atoms with Crippen molar-refractivity contribution in [2.45, 2.75) is 19.1 Å². The second kappa shape index (κ2) is 3.48. The van der Waals surface area contributed by atoms with Crippen LogP contribution in [0.4, 0.5) is 0 Å². The minimum atomic E-state index is -0.885. The van der Waals surface area contributed by atoms with E-state index in [1.165, 1.54) is 6.92 Å². The Morgan fingerprint density at radius 2 is 1.93 bits per heavy atom. The highest BCUT2D eigenvalue weighted by atomic mass is 16.7. The van der Waals surface area contributed by atoms with Crippen LogP contribution in [0.2, 0.25) is 0 Å². The highest BCUT2D eigenvalue weighted by Crippen LogP contribution is 2.34. The number of benzene rings is 1. The molecule has 1 aromatic carbocycles. The molecule has 0 spiro atoms. The van der Waals surface area contributed by atoms with Crippen molar-refractivity contribution >= 4 is 0 Å². The van der Waals surface area contributed by atoms with Crippen molar-refractivity contribution in [2.24, 2.45) is 0 Å². The van der Waals surface area contributed by atoms with Gasteiger partial charge in [-0.1, -0.05) is 6.07 Å². The zero-order chi connectivity index (χ0) is 10.1. The normalized spacial score (nSPS) is 17.9. The Hall–Kier alpha value is -1.26. The predicted molar refractivity (Wildman–Crippen MR) is 49.2 cm³/mol. The molecular formula is C10H12O4. The van der Waals surface area contributed by atoms with Crippen molar-refractivity contribution in [1.82, 2.24) is 0 Å². The summed E-state index contributed by atoms with van der Waals surface area (Å²) >= 11 is 0. The topological polar surface area (TPSA) is 58.9 Å². The molecule has 0 saturated heterocycles. The molecule has 1 aliphatic rings. The molecule has 2 atom stereocenters. The zero-order valence-corrected chi connectivity index (χ0v) is 7.80. The fourth-order valence-electron chi connectivity index (χ4n) is 1.38. The first-order chi connectivity index (χ1) is 6.68. The summed E-state index contributed by atoms with van der Waals surface area (Å²) in [4.78, 5) is 0. The number of fused-ring (bicyclic) bond motifs is 1. The van der Waals surface area contributed by atoms with E-state index in [1.54, 1.807) is 18.2 Å². The van der Waals surface area contributed by atoms with Crippen LogP contribution >= 0.6 is 0 Å². The lowest BCUT2D eigenvalue weighted by Crippen LogP contribution is -2.13. The minimum absolute atomic E-state index is 0.212. The smallest absolute Gasteiger partial charge is 0.231 e. The van der Waals surface area contributed by atoms with Crippen molar-refractivity contribution in [3.63, 3.8) is 0 Å². The quantitative estimate of drug-likeness (QED) is 0.735. The van der Waals surface area contributed by atoms with Crippen LogP contribution in [-0.4, -0.2) is 23.1 Å². The molecule has 1 heterocycles. The first kappa shape index (κ1) is 9.30. The summed E-state index contributed by atoms with van der Waals surface area (Å²) in [6.45, 7) is 1.75. The van der Waals surface area contributed by atoms with Crippen LogP contribution in [0.3, 0.4) is 0 Å². The number of aliphatic hydroxyl groups excluding tert-OH is 2. The minimum Gasteiger partial charge on any atom is -0.454 e. The Balaban J connectivity index is 2.28. The van der Waals surface area contributed by atoms with Gasteiger partial charge in [-0.15, -0.1) is 0 Å². The lowest BCUT2D eigenvalue weighted by atomic mass is 10.1. The van der Waals surface area contributed by atoms with Crippen molar-refractivity contribution in [3.8, 4) is 11.5 Å². The van der Waals surface area contributed by atoms with Gasteiger partial charge in [0.15, 0.2) is 11.5 Å². The van der Waals surface area contributed by atoms with Gasteiger partial charge in [-0.3, -0.25) is 0 Å². The first-order valence-corrected chi connectivity index (χ1v) is 4.44. The molecule has 76 valence electrons. The van der Waals surface area contributed by atoms with Gasteiger partial charge in [0.05, 0.1) is 6.10 Å². The monoisotopic (exact) mass is 196 g/mol. The predicted octanol–water partition coefficient (Wildman–Crippen LogP) is 0.829. The van der Waals surface area contributed by atoms with E-state index in [1.807, 2.05) is 0 Å². The molecule has 0 radical (unpaired) electrons. The van der Waals surface area contributed by atoms with Gasteiger partial charge >= 0.3 is 0 Å². The molecule has 2 N–H and O–H groups in total. The largest absolute Gasteiger partial charge is 0.454 e. The molecule has 0 saturated carbocycles. The average molecular weight is 196 g/mol. The summed E-state index contributed by atoms with van der Waals surface area (Å²) < 4.78 is 10.3. The summed E-state index contributed by atoms with van der Waals surface area (Å²) in [5.41, 5.74) is 0.629. The molecule has 14 heavy (non-hydrogen) atoms. The van der Waals surface area contributed by atoms with Gasteiger partial charge < -0.3 is 19.7 Å². The molecular weight excluding hydrogens is 184 g/mol. The molecule has 0 amide bonds. The number of rotatable bonds is 2. The van der Waals surface area contributed by atoms with E-state index < -0.39 is 12.2 Å². The lowest BCUT2D eigenvalue weighted by molar-refractivity contribution is 0.0304. The fourth-order valence-corrected chi connectivity index (χ4v) is 1.38. The SMILES string of the molecule is CC(O)C(O)c1ccc2c(c1)OCO2. The summed E-state index contributed by atoms with van der Waals surface area (Å²) in [6.07, 6.45) is -1.68. The highest BCUT2D eigenvalue weighted by molar-refractivity contribution is 5.45. The Kier molecular flexibility index (Phi) is 2.31. The van der Waals surface area contributed by atoms with Gasteiger partial charge in [0, 0.05) is 0 Å². The van der Waals surface area contributed by atoms with E-state index in [-0.39, 0.29) is 6.79 Å². The Morgan fingerprint density at radius 1 is 1.21 bits per heavy atom. The average Bonchev–Trinajstić information content (AvgIpc) is 2.62. The van der Waals surface area contributed by atoms with Gasteiger partial charge in [-0.25, -0.2) is 0 Å². The van der Waals surface area contributed by atoms with E-state index in [0.717, 1.165) is 0 Å². The molecule has 4 heteroatoms. The lowest BCUT2D eigenvalue weighted by Gasteiger charge is -2.13. The van der Waals surface area contributed by atoms with Gasteiger partial charge in [0.1, 0.15) is 6.10 Å². The second-order valence-electron chi connectivity index (χ2n) is 3.30. The molecule has 1 aromatic rings. The second-order valence-corrected chi connectivity index (χ2v) is 3.30. The van der Waals surface area contributed by atoms with Gasteiger partial charge in [-0.05, 0) is 24.6 Å². The van der Waals surface area contributed by atoms with Crippen LogP contribution in [-0.2, 0) is 0 Å². The summed E-state index contributed by atoms with van der Waals surface area (Å²) in [6, 6.07) is 5.12. The van der Waals surface area contributed by atoms with Crippen LogP contribution in [0, 0.1) is 0 Å². The molecule has 0 aliphatic carbocycles. The van der Waals surface area contributed by atoms with Gasteiger partial charge in [0.2, 0.25) is 6.79 Å². The third kappa shape index (κ3) is 1.54. The molecule has 0 aromatic heterocycles. The third-order valence-corrected chi connectivity index (χ3v) is 2.20. The summed E-state index contributed by atoms with van der Waals surface area (Å²) in [7, 11) is 0. The summed E-state index contributed by atoms with van der Waals surface area (Å²) in [5.74, 6) is 1.29. The maximum atomic E-state index is 9.58. The molecule has 1 aliphatic heterocycles. The maximum absolute atomic E-state index is 9.58. The van der Waals surface area contributed by atoms with E-state index in [4.69, 9.17) is 9.47 Å². The molecule has 2 rings (SSSR count). The number of ether oxygens (including phenoxy) is 2. The van der Waals surface area contributed by atoms with Crippen molar-refractivity contribution in [1.29, 1.82) is 0 Å².